The zero-order valence-corrected chi connectivity index (χ0v) is 18.8. The monoisotopic (exact) mass is 505 g/mol. The van der Waals surface area contributed by atoms with Crippen molar-refractivity contribution in [1.82, 2.24) is 5.32 Å². The highest BCUT2D eigenvalue weighted by Crippen LogP contribution is 2.36. The van der Waals surface area contributed by atoms with Crippen molar-refractivity contribution in [2.24, 2.45) is 0 Å². The number of benzene rings is 2. The van der Waals surface area contributed by atoms with Gasteiger partial charge in [0.1, 0.15) is 0 Å². The number of ketones is 1. The number of hydrogen-bond donors (Lipinski definition) is 1. The van der Waals surface area contributed by atoms with E-state index in [-0.39, 0.29) is 38.2 Å². The van der Waals surface area contributed by atoms with Gasteiger partial charge in [0.05, 0.1) is 23.1 Å². The number of carbonyl (C=O) groups is 2. The van der Waals surface area contributed by atoms with Gasteiger partial charge >= 0.3 is 6.18 Å². The lowest BCUT2D eigenvalue weighted by Crippen LogP contribution is -2.53. The van der Waals surface area contributed by atoms with Crippen molar-refractivity contribution >= 4 is 50.3 Å². The Balaban J connectivity index is 1.86. The highest BCUT2D eigenvalue weighted by atomic mass is 35.5. The summed E-state index contributed by atoms with van der Waals surface area (Å²) in [6.07, 6.45) is -4.39. The quantitative estimate of drug-likeness (QED) is 0.473. The first-order valence-electron chi connectivity index (χ1n) is 9.17. The van der Waals surface area contributed by atoms with Gasteiger partial charge in [-0.1, -0.05) is 29.3 Å². The Hall–Kier alpha value is -2.36. The van der Waals surface area contributed by atoms with Gasteiger partial charge in [0.25, 0.3) is 5.91 Å². The molecule has 32 heavy (non-hydrogen) atoms. The van der Waals surface area contributed by atoms with Gasteiger partial charge in [0.15, 0.2) is 15.6 Å². The molecular weight excluding hydrogens is 490 g/mol. The molecule has 1 amide bonds. The number of allylic oxidation sites excluding steroid dienone is 2. The molecule has 1 aliphatic rings. The lowest BCUT2D eigenvalue weighted by atomic mass is 9.98. The average Bonchev–Trinajstić information content (AvgIpc) is 2.62. The zero-order chi connectivity index (χ0) is 23.8. The Morgan fingerprint density at radius 3 is 2.12 bits per heavy atom. The number of rotatable bonds is 5. The molecule has 5 nitrogen and oxygen atoms in total. The van der Waals surface area contributed by atoms with E-state index in [4.69, 9.17) is 23.2 Å². The smallest absolute Gasteiger partial charge is 0.347 e. The van der Waals surface area contributed by atoms with Crippen molar-refractivity contribution < 1.29 is 31.2 Å². The second-order valence-electron chi connectivity index (χ2n) is 7.36. The summed E-state index contributed by atoms with van der Waals surface area (Å²) in [5.74, 6) is -1.74. The summed E-state index contributed by atoms with van der Waals surface area (Å²) in [5.41, 5.74) is -1.08. The summed E-state index contributed by atoms with van der Waals surface area (Å²) in [7, 11) is -3.11. The Kier molecular flexibility index (Phi) is 6.74. The number of amides is 1. The fraction of sp³-hybridized carbons (Fsp3) is 0.238. The Morgan fingerprint density at radius 1 is 1.03 bits per heavy atom. The second kappa shape index (κ2) is 8.88. The van der Waals surface area contributed by atoms with Crippen molar-refractivity contribution in [3.05, 3.63) is 74.8 Å². The molecule has 1 aliphatic heterocycles. The summed E-state index contributed by atoms with van der Waals surface area (Å²) in [5, 5.41) is 2.55. The highest BCUT2D eigenvalue weighted by molar-refractivity contribution is 7.92. The minimum Gasteiger partial charge on any atom is -0.347 e. The van der Waals surface area contributed by atoms with Gasteiger partial charge in [-0.05, 0) is 54.5 Å². The maximum absolute atomic E-state index is 13.6. The molecule has 1 saturated heterocycles. The third-order valence-electron chi connectivity index (χ3n) is 4.76. The predicted octanol–water partition coefficient (Wildman–Crippen LogP) is 4.66. The van der Waals surface area contributed by atoms with Crippen LogP contribution in [-0.4, -0.2) is 43.8 Å². The van der Waals surface area contributed by atoms with E-state index in [9.17, 15) is 31.2 Å². The molecule has 0 saturated carbocycles. The number of hydrogen-bond acceptors (Lipinski definition) is 4. The molecule has 2 aromatic rings. The van der Waals surface area contributed by atoms with Crippen molar-refractivity contribution in [3.8, 4) is 0 Å². The van der Waals surface area contributed by atoms with Crippen LogP contribution in [0.3, 0.4) is 0 Å². The van der Waals surface area contributed by atoms with Crippen LogP contribution in [-0.2, 0) is 9.84 Å². The Bertz CT molecular complexity index is 1210. The van der Waals surface area contributed by atoms with E-state index in [1.807, 2.05) is 0 Å². The minimum atomic E-state index is -4.85. The van der Waals surface area contributed by atoms with Crippen LogP contribution in [0.2, 0.25) is 10.0 Å². The van der Waals surface area contributed by atoms with Crippen molar-refractivity contribution in [3.63, 3.8) is 0 Å². The number of carbonyl (C=O) groups excluding carboxylic acids is 2. The van der Waals surface area contributed by atoms with Crippen LogP contribution in [0.15, 0.2) is 42.5 Å². The summed E-state index contributed by atoms with van der Waals surface area (Å²) >= 11 is 11.6. The summed E-state index contributed by atoms with van der Waals surface area (Å²) < 4.78 is 63.2. The molecule has 1 N–H and O–H groups in total. The molecule has 170 valence electrons. The molecule has 0 aliphatic carbocycles. The van der Waals surface area contributed by atoms with Crippen LogP contribution in [0.1, 0.15) is 31.8 Å². The number of aryl methyl sites for hydroxylation is 1. The zero-order valence-electron chi connectivity index (χ0n) is 16.5. The molecule has 1 heterocycles. The van der Waals surface area contributed by atoms with E-state index >= 15 is 0 Å². The van der Waals surface area contributed by atoms with E-state index < -0.39 is 39.3 Å². The number of nitrogens with one attached hydrogen (secondary N) is 1. The average molecular weight is 506 g/mol. The van der Waals surface area contributed by atoms with Crippen molar-refractivity contribution in [2.45, 2.75) is 19.1 Å². The van der Waals surface area contributed by atoms with Gasteiger partial charge in [0, 0.05) is 21.2 Å². The maximum Gasteiger partial charge on any atom is 0.417 e. The van der Waals surface area contributed by atoms with E-state index in [0.29, 0.717) is 11.6 Å². The third kappa shape index (κ3) is 5.70. The van der Waals surface area contributed by atoms with Crippen molar-refractivity contribution in [2.75, 3.05) is 11.5 Å². The van der Waals surface area contributed by atoms with Gasteiger partial charge in [-0.15, -0.1) is 0 Å². The first kappa shape index (κ1) is 24.3. The molecule has 0 bridgehead atoms. The van der Waals surface area contributed by atoms with Crippen LogP contribution in [0.25, 0.3) is 5.57 Å². The molecule has 1 fully saturated rings. The van der Waals surface area contributed by atoms with Crippen LogP contribution in [0, 0.1) is 6.92 Å². The maximum atomic E-state index is 13.6. The third-order valence-corrected chi connectivity index (χ3v) is 7.01. The SMILES string of the molecule is Cc1cc(C(=O)/C=C(\c2cc(Cl)cc(Cl)c2)C(F)(F)F)ccc1C(=O)NC1CS(=O)(=O)C1. The van der Waals surface area contributed by atoms with E-state index in [1.54, 1.807) is 0 Å². The molecule has 0 radical (unpaired) electrons. The molecule has 0 spiro atoms. The first-order valence-corrected chi connectivity index (χ1v) is 11.7. The summed E-state index contributed by atoms with van der Waals surface area (Å²) in [6.45, 7) is 1.52. The molecule has 11 heteroatoms. The lowest BCUT2D eigenvalue weighted by Gasteiger charge is -2.26. The molecule has 0 unspecified atom stereocenters. The first-order chi connectivity index (χ1) is 14.7. The molecular formula is C21H16Cl2F3NO4S. The lowest BCUT2D eigenvalue weighted by molar-refractivity contribution is -0.0689. The number of sulfone groups is 1. The van der Waals surface area contributed by atoms with Gasteiger partial charge in [-0.3, -0.25) is 9.59 Å². The highest BCUT2D eigenvalue weighted by Gasteiger charge is 2.36. The van der Waals surface area contributed by atoms with Gasteiger partial charge in [-0.25, -0.2) is 8.42 Å². The fourth-order valence-corrected chi connectivity index (χ4v) is 5.06. The summed E-state index contributed by atoms with van der Waals surface area (Å²) in [6, 6.07) is 6.73. The van der Waals surface area contributed by atoms with E-state index in [2.05, 4.69) is 5.32 Å². The molecule has 0 aromatic heterocycles. The van der Waals surface area contributed by atoms with Crippen LogP contribution in [0.5, 0.6) is 0 Å². The molecule has 0 atom stereocenters. The van der Waals surface area contributed by atoms with Crippen LogP contribution >= 0.6 is 23.2 Å². The molecule has 3 rings (SSSR count). The van der Waals surface area contributed by atoms with E-state index in [0.717, 1.165) is 12.1 Å². The van der Waals surface area contributed by atoms with Gasteiger partial charge in [0.2, 0.25) is 0 Å². The summed E-state index contributed by atoms with van der Waals surface area (Å²) in [4.78, 5) is 24.9. The predicted molar refractivity (Wildman–Crippen MR) is 116 cm³/mol. The van der Waals surface area contributed by atoms with Crippen molar-refractivity contribution in [1.29, 1.82) is 0 Å². The topological polar surface area (TPSA) is 80.3 Å². The minimum absolute atomic E-state index is 0.0134. The second-order valence-corrected chi connectivity index (χ2v) is 10.4. The Labute approximate surface area is 192 Å². The Morgan fingerprint density at radius 2 is 1.62 bits per heavy atom. The van der Waals surface area contributed by atoms with Crippen LogP contribution < -0.4 is 5.32 Å². The fourth-order valence-electron chi connectivity index (χ4n) is 3.24. The molecule has 2 aromatic carbocycles. The van der Waals surface area contributed by atoms with E-state index in [1.165, 1.54) is 31.2 Å². The number of alkyl halides is 3. The number of halogens is 5. The van der Waals surface area contributed by atoms with Gasteiger partial charge < -0.3 is 5.32 Å². The van der Waals surface area contributed by atoms with Crippen LogP contribution in [0.4, 0.5) is 13.2 Å². The standard InChI is InChI=1S/C21H16Cl2F3NO4S/c1-11-4-12(2-3-17(11)20(29)27-16-9-32(30,31)10-16)19(28)8-18(21(24,25)26)13-5-14(22)7-15(23)6-13/h2-8,16H,9-10H2,1H3,(H,27,29)/b18-8+. The normalized spacial score (nSPS) is 16.4. The van der Waals surface area contributed by atoms with Gasteiger partial charge in [-0.2, -0.15) is 13.2 Å². The largest absolute Gasteiger partial charge is 0.417 e.